The molecule has 2 rings (SSSR count). The minimum Gasteiger partial charge on any atom is -0.630 e. The maximum Gasteiger partial charge on any atom is 0.343 e. The molecule has 2 unspecified atom stereocenters. The largest absolute Gasteiger partial charge is 0.630 e. The van der Waals surface area contributed by atoms with Crippen LogP contribution < -0.4 is 4.89 Å². The fraction of sp³-hybridized carbons (Fsp3) is 0.263. The number of thioether (sulfide) groups is 1. The van der Waals surface area contributed by atoms with Crippen molar-refractivity contribution >= 4 is 31.3 Å². The highest BCUT2D eigenvalue weighted by Crippen LogP contribution is 2.28. The van der Waals surface area contributed by atoms with Gasteiger partial charge in [-0.3, -0.25) is 0 Å². The fourth-order valence-corrected chi connectivity index (χ4v) is 4.83. The Labute approximate surface area is 153 Å². The van der Waals surface area contributed by atoms with E-state index in [1.54, 1.807) is 0 Å². The fourth-order valence-electron chi connectivity index (χ4n) is 2.36. The minimum absolute atomic E-state index is 0.0360. The number of benzene rings is 2. The molecule has 0 aliphatic rings. The molecule has 2 atom stereocenters. The van der Waals surface area contributed by atoms with Gasteiger partial charge in [0.2, 0.25) is 5.60 Å². The zero-order chi connectivity index (χ0) is 18.1. The van der Waals surface area contributed by atoms with Crippen LogP contribution in [0.3, 0.4) is 0 Å². The van der Waals surface area contributed by atoms with Gasteiger partial charge in [0.05, 0.1) is 7.77 Å². The van der Waals surface area contributed by atoms with Gasteiger partial charge in [0.15, 0.2) is 5.49 Å². The van der Waals surface area contributed by atoms with Gasteiger partial charge in [-0.05, 0) is 37.0 Å². The van der Waals surface area contributed by atoms with Crippen LogP contribution in [0.15, 0.2) is 65.6 Å². The van der Waals surface area contributed by atoms with Crippen LogP contribution in [0.5, 0.6) is 0 Å². The molecule has 0 saturated heterocycles. The molecule has 0 fully saturated rings. The molecule has 0 aromatic heterocycles. The van der Waals surface area contributed by atoms with Crippen LogP contribution in [0.2, 0.25) is 0 Å². The molecule has 0 spiro atoms. The average molecular weight is 376 g/mol. The summed E-state index contributed by atoms with van der Waals surface area (Å²) in [5.41, 5.74) is -0.730. The summed E-state index contributed by atoms with van der Waals surface area (Å²) in [5.74, 6) is -0.264. The number of carboxylic acid groups (broad SMARTS) is 1. The molecule has 0 aliphatic carbocycles. The summed E-state index contributed by atoms with van der Waals surface area (Å²) in [6.07, 6.45) is 1.20. The Balaban J connectivity index is 1.93. The van der Waals surface area contributed by atoms with Gasteiger partial charge < -0.3 is 15.1 Å². The third kappa shape index (κ3) is 6.63. The van der Waals surface area contributed by atoms with Crippen LogP contribution in [0.4, 0.5) is 0 Å². The zero-order valence-electron chi connectivity index (χ0n) is 13.7. The molecule has 0 saturated carbocycles. The third-order valence-electron chi connectivity index (χ3n) is 3.70. The highest BCUT2D eigenvalue weighted by atomic mass is 32.2. The molecule has 0 heterocycles. The van der Waals surface area contributed by atoms with E-state index in [4.69, 9.17) is 0 Å². The van der Waals surface area contributed by atoms with E-state index in [9.17, 15) is 19.9 Å². The highest BCUT2D eigenvalue weighted by molar-refractivity contribution is 8.04. The van der Waals surface area contributed by atoms with E-state index >= 15 is 0 Å². The molecular weight excluding hydrogens is 355 g/mol. The van der Waals surface area contributed by atoms with Crippen LogP contribution in [0.25, 0.3) is 0 Å². The van der Waals surface area contributed by atoms with Crippen molar-refractivity contribution in [1.82, 2.24) is 0 Å². The van der Waals surface area contributed by atoms with Crippen LogP contribution >= 0.6 is 19.5 Å². The molecular formula is C19H21O4PS. The Hall–Kier alpha value is -1.65. The first-order chi connectivity index (χ1) is 12.0. The molecule has 2 N–H and O–H groups in total. The smallest absolute Gasteiger partial charge is 0.343 e. The van der Waals surface area contributed by atoms with Gasteiger partial charge in [0.25, 0.3) is 0 Å². The Kier molecular flexibility index (Phi) is 7.66. The molecule has 2 aromatic rings. The van der Waals surface area contributed by atoms with E-state index in [1.807, 2.05) is 60.7 Å². The Morgan fingerprint density at radius 2 is 1.72 bits per heavy atom. The van der Waals surface area contributed by atoms with Crippen molar-refractivity contribution in [3.63, 3.8) is 0 Å². The predicted octanol–water partition coefficient (Wildman–Crippen LogP) is 3.13. The number of carboxylic acids is 1. The molecule has 6 heteroatoms. The highest BCUT2D eigenvalue weighted by Gasteiger charge is 2.36. The molecule has 132 valence electrons. The van der Waals surface area contributed by atoms with Crippen molar-refractivity contribution in [2.45, 2.75) is 29.8 Å². The van der Waals surface area contributed by atoms with Gasteiger partial charge in [-0.25, -0.2) is 4.79 Å². The van der Waals surface area contributed by atoms with Gasteiger partial charge in [0.1, 0.15) is 5.80 Å². The number of aliphatic hydroxyl groups is 1. The van der Waals surface area contributed by atoms with Gasteiger partial charge in [-0.2, -0.15) is 0 Å². The van der Waals surface area contributed by atoms with E-state index in [-0.39, 0.29) is 11.9 Å². The second-order valence-electron chi connectivity index (χ2n) is 5.70. The lowest BCUT2D eigenvalue weighted by molar-refractivity contribution is -0.155. The van der Waals surface area contributed by atoms with E-state index in [0.717, 1.165) is 16.3 Å². The lowest BCUT2D eigenvalue weighted by Gasteiger charge is -2.18. The van der Waals surface area contributed by atoms with Crippen molar-refractivity contribution in [3.8, 4) is 0 Å². The maximum absolute atomic E-state index is 12.2. The number of rotatable bonds is 9. The number of aliphatic carboxylic acids is 1. The standard InChI is InChI=1S/C19H21O4PS/c20-18(21)19(22,13-7-10-16-8-3-1-4-9-16)14-24(23)15-25-17-11-5-2-6-12-17/h1-6,8-9,11-12,14,22H,7,10,13,15H2,(H,20,21). The van der Waals surface area contributed by atoms with Gasteiger partial charge in [0, 0.05) is 4.90 Å². The summed E-state index contributed by atoms with van der Waals surface area (Å²) < 4.78 is 0. The summed E-state index contributed by atoms with van der Waals surface area (Å²) in [4.78, 5) is 24.6. The normalized spacial score (nSPS) is 14.1. The molecule has 0 bridgehead atoms. The van der Waals surface area contributed by atoms with Gasteiger partial charge >= 0.3 is 5.97 Å². The maximum atomic E-state index is 12.2. The van der Waals surface area contributed by atoms with Crippen molar-refractivity contribution < 1.29 is 19.9 Å². The minimum atomic E-state index is -2.06. The first kappa shape index (κ1) is 19.7. The first-order valence-electron chi connectivity index (χ1n) is 7.97. The summed E-state index contributed by atoms with van der Waals surface area (Å²) in [6, 6.07) is 19.1. The number of carbonyl (C=O) groups is 1. The third-order valence-corrected chi connectivity index (χ3v) is 6.55. The second kappa shape index (κ2) is 9.73. The van der Waals surface area contributed by atoms with E-state index < -0.39 is 19.3 Å². The summed E-state index contributed by atoms with van der Waals surface area (Å²) in [5, 5.41) is 19.7. The molecule has 0 amide bonds. The Bertz CT molecular complexity index is 706. The predicted molar refractivity (Wildman–Crippen MR) is 102 cm³/mol. The molecule has 25 heavy (non-hydrogen) atoms. The topological polar surface area (TPSA) is 80.6 Å². The zero-order valence-corrected chi connectivity index (χ0v) is 15.5. The van der Waals surface area contributed by atoms with Gasteiger partial charge in [-0.15, -0.1) is 0 Å². The number of aryl methyl sites for hydroxylation is 1. The van der Waals surface area contributed by atoms with E-state index in [1.165, 1.54) is 11.8 Å². The molecule has 4 nitrogen and oxygen atoms in total. The van der Waals surface area contributed by atoms with Crippen molar-refractivity contribution in [2.24, 2.45) is 0 Å². The van der Waals surface area contributed by atoms with E-state index in [2.05, 4.69) is 0 Å². The summed E-state index contributed by atoms with van der Waals surface area (Å²) >= 11 is 1.38. The molecule has 0 aliphatic heterocycles. The monoisotopic (exact) mass is 376 g/mol. The SMILES string of the molecule is O=C(O)C(O)(C=[P+]([O-])CSc1ccccc1)CCCc1ccccc1. The van der Waals surface area contributed by atoms with Crippen molar-refractivity contribution in [2.75, 3.05) is 5.49 Å². The van der Waals surface area contributed by atoms with Crippen molar-refractivity contribution in [1.29, 1.82) is 0 Å². The lowest BCUT2D eigenvalue weighted by atomic mass is 9.97. The second-order valence-corrected chi connectivity index (χ2v) is 8.59. The number of hydrogen-bond donors (Lipinski definition) is 2. The van der Waals surface area contributed by atoms with Crippen LogP contribution in [0, 0.1) is 0 Å². The van der Waals surface area contributed by atoms with Crippen LogP contribution in [-0.4, -0.2) is 33.1 Å². The van der Waals surface area contributed by atoms with Gasteiger partial charge in [-0.1, -0.05) is 60.3 Å². The molecule has 0 radical (unpaired) electrons. The Morgan fingerprint density at radius 1 is 1.12 bits per heavy atom. The van der Waals surface area contributed by atoms with Crippen LogP contribution in [0.1, 0.15) is 18.4 Å². The van der Waals surface area contributed by atoms with Crippen molar-refractivity contribution in [3.05, 3.63) is 66.2 Å². The average Bonchev–Trinajstić information content (AvgIpc) is 2.61. The number of hydrogen-bond acceptors (Lipinski definition) is 4. The quantitative estimate of drug-likeness (QED) is 0.519. The lowest BCUT2D eigenvalue weighted by Crippen LogP contribution is -2.40. The van der Waals surface area contributed by atoms with Crippen LogP contribution in [-0.2, 0) is 11.2 Å². The molecule has 2 aromatic carbocycles. The first-order valence-corrected chi connectivity index (χ1v) is 10.5. The Morgan fingerprint density at radius 3 is 2.32 bits per heavy atom. The summed E-state index contributed by atoms with van der Waals surface area (Å²) in [7, 11) is -1.94. The summed E-state index contributed by atoms with van der Waals surface area (Å²) in [6.45, 7) is 0. The van der Waals surface area contributed by atoms with E-state index in [0.29, 0.717) is 12.8 Å².